The summed E-state index contributed by atoms with van der Waals surface area (Å²) in [5.41, 5.74) is 1.10. The number of guanidine groups is 1. The fraction of sp³-hybridized carbons (Fsp3) is 0.650. The Bertz CT molecular complexity index is 583. The number of nitrogens with zero attached hydrogens (tertiary/aromatic N) is 2. The van der Waals surface area contributed by atoms with E-state index in [1.54, 1.807) is 7.11 Å². The van der Waals surface area contributed by atoms with E-state index in [1.807, 2.05) is 25.1 Å². The lowest BCUT2D eigenvalue weighted by molar-refractivity contribution is 0.267. The van der Waals surface area contributed by atoms with Crippen LogP contribution in [0.25, 0.3) is 0 Å². The third-order valence-electron chi connectivity index (χ3n) is 4.70. The summed E-state index contributed by atoms with van der Waals surface area (Å²) < 4.78 is 11.0. The number of aliphatic imine (C=N–C) groups is 1. The Hall–Kier alpha value is -1.22. The molecule has 1 unspecified atom stereocenters. The Morgan fingerprint density at radius 2 is 2.04 bits per heavy atom. The SMILES string of the molecule is CCNC(=NCc1ccc(OCC)c(OC)c1)NCC1CCCN1CC.I. The fourth-order valence-corrected chi connectivity index (χ4v) is 3.35. The molecule has 6 nitrogen and oxygen atoms in total. The minimum atomic E-state index is 0. The van der Waals surface area contributed by atoms with Crippen LogP contribution < -0.4 is 20.1 Å². The van der Waals surface area contributed by atoms with Crippen molar-refractivity contribution in [1.29, 1.82) is 0 Å². The van der Waals surface area contributed by atoms with E-state index in [4.69, 9.17) is 14.5 Å². The molecule has 0 spiro atoms. The van der Waals surface area contributed by atoms with Gasteiger partial charge in [-0.2, -0.15) is 0 Å². The van der Waals surface area contributed by atoms with Crippen LogP contribution >= 0.6 is 24.0 Å². The molecule has 1 saturated heterocycles. The van der Waals surface area contributed by atoms with Crippen LogP contribution in [0.1, 0.15) is 39.2 Å². The van der Waals surface area contributed by atoms with Gasteiger partial charge in [-0.1, -0.05) is 13.0 Å². The van der Waals surface area contributed by atoms with Gasteiger partial charge in [-0.15, -0.1) is 24.0 Å². The van der Waals surface area contributed by atoms with Crippen molar-refractivity contribution in [2.24, 2.45) is 4.99 Å². The van der Waals surface area contributed by atoms with E-state index in [1.165, 1.54) is 19.4 Å². The van der Waals surface area contributed by atoms with Gasteiger partial charge in [0.25, 0.3) is 0 Å². The van der Waals surface area contributed by atoms with E-state index < -0.39 is 0 Å². The van der Waals surface area contributed by atoms with Crippen molar-refractivity contribution < 1.29 is 9.47 Å². The van der Waals surface area contributed by atoms with Gasteiger partial charge in [0.05, 0.1) is 20.3 Å². The highest BCUT2D eigenvalue weighted by atomic mass is 127. The van der Waals surface area contributed by atoms with E-state index in [0.717, 1.165) is 42.7 Å². The summed E-state index contributed by atoms with van der Waals surface area (Å²) in [5, 5.41) is 6.83. The van der Waals surface area contributed by atoms with Crippen LogP contribution in [-0.2, 0) is 6.54 Å². The number of benzene rings is 1. The first-order valence-corrected chi connectivity index (χ1v) is 9.77. The van der Waals surface area contributed by atoms with E-state index in [-0.39, 0.29) is 24.0 Å². The lowest BCUT2D eigenvalue weighted by Gasteiger charge is -2.24. The zero-order valence-corrected chi connectivity index (χ0v) is 19.4. The molecular weight excluding hydrogens is 455 g/mol. The van der Waals surface area contributed by atoms with Crippen LogP contribution in [0, 0.1) is 0 Å². The largest absolute Gasteiger partial charge is 0.493 e. The lowest BCUT2D eigenvalue weighted by Crippen LogP contribution is -2.44. The predicted octanol–water partition coefficient (Wildman–Crippen LogP) is 3.25. The molecule has 7 heteroatoms. The molecule has 0 amide bonds. The average molecular weight is 490 g/mol. The molecule has 0 aliphatic carbocycles. The standard InChI is InChI=1S/C20H34N4O2.HI/c1-5-21-20(23-15-17-9-8-12-24(17)6-2)22-14-16-10-11-18(26-7-3)19(13-16)25-4;/h10-11,13,17H,5-9,12,14-15H2,1-4H3,(H2,21,22,23);1H. The molecule has 1 aliphatic rings. The molecule has 1 heterocycles. The summed E-state index contributed by atoms with van der Waals surface area (Å²) in [6, 6.07) is 6.59. The van der Waals surface area contributed by atoms with Gasteiger partial charge in [-0.25, -0.2) is 4.99 Å². The number of rotatable bonds is 9. The number of hydrogen-bond donors (Lipinski definition) is 2. The third-order valence-corrected chi connectivity index (χ3v) is 4.70. The van der Waals surface area contributed by atoms with Crippen LogP contribution in [0.3, 0.4) is 0 Å². The number of hydrogen-bond acceptors (Lipinski definition) is 4. The molecule has 1 atom stereocenters. The van der Waals surface area contributed by atoms with Gasteiger partial charge in [0, 0.05) is 19.1 Å². The monoisotopic (exact) mass is 490 g/mol. The van der Waals surface area contributed by atoms with Gasteiger partial charge in [-0.05, 0) is 57.5 Å². The fourth-order valence-electron chi connectivity index (χ4n) is 3.35. The molecule has 0 bridgehead atoms. The normalized spacial score (nSPS) is 17.3. The van der Waals surface area contributed by atoms with Crippen LogP contribution in [-0.4, -0.2) is 56.8 Å². The molecule has 1 fully saturated rings. The molecule has 0 radical (unpaired) electrons. The second kappa shape index (κ2) is 13.0. The molecule has 0 aromatic heterocycles. The molecule has 2 rings (SSSR count). The van der Waals surface area contributed by atoms with Crippen molar-refractivity contribution in [3.63, 3.8) is 0 Å². The highest BCUT2D eigenvalue weighted by Crippen LogP contribution is 2.28. The molecule has 154 valence electrons. The smallest absolute Gasteiger partial charge is 0.191 e. The molecular formula is C20H35IN4O2. The van der Waals surface area contributed by atoms with Gasteiger partial charge < -0.3 is 20.1 Å². The lowest BCUT2D eigenvalue weighted by atomic mass is 10.2. The highest BCUT2D eigenvalue weighted by Gasteiger charge is 2.22. The maximum Gasteiger partial charge on any atom is 0.191 e. The Kier molecular flexibility index (Phi) is 11.5. The van der Waals surface area contributed by atoms with E-state index in [0.29, 0.717) is 19.2 Å². The summed E-state index contributed by atoms with van der Waals surface area (Å²) >= 11 is 0. The summed E-state index contributed by atoms with van der Waals surface area (Å²) in [6.45, 7) is 11.6. The number of halogens is 1. The van der Waals surface area contributed by atoms with Crippen molar-refractivity contribution in [2.45, 2.75) is 46.2 Å². The topological polar surface area (TPSA) is 58.1 Å². The minimum absolute atomic E-state index is 0. The summed E-state index contributed by atoms with van der Waals surface area (Å²) in [4.78, 5) is 7.26. The van der Waals surface area contributed by atoms with Gasteiger partial charge in [0.15, 0.2) is 17.5 Å². The number of nitrogens with one attached hydrogen (secondary N) is 2. The first-order chi connectivity index (χ1) is 12.7. The van der Waals surface area contributed by atoms with Gasteiger partial charge in [0.1, 0.15) is 0 Å². The number of methoxy groups -OCH3 is 1. The summed E-state index contributed by atoms with van der Waals surface area (Å²) in [7, 11) is 1.66. The van der Waals surface area contributed by atoms with Crippen molar-refractivity contribution in [1.82, 2.24) is 15.5 Å². The third kappa shape index (κ3) is 7.37. The highest BCUT2D eigenvalue weighted by molar-refractivity contribution is 14.0. The minimum Gasteiger partial charge on any atom is -0.493 e. The van der Waals surface area contributed by atoms with Crippen LogP contribution in [0.15, 0.2) is 23.2 Å². The number of likely N-dealkylation sites (tertiary alicyclic amines) is 1. The molecule has 2 N–H and O–H groups in total. The zero-order chi connectivity index (χ0) is 18.8. The Labute approximate surface area is 181 Å². The summed E-state index contributed by atoms with van der Waals surface area (Å²) in [6.07, 6.45) is 2.55. The van der Waals surface area contributed by atoms with Crippen LogP contribution in [0.5, 0.6) is 11.5 Å². The summed E-state index contributed by atoms with van der Waals surface area (Å²) in [5.74, 6) is 2.39. The van der Waals surface area contributed by atoms with E-state index in [9.17, 15) is 0 Å². The first kappa shape index (κ1) is 23.8. The number of ether oxygens (including phenoxy) is 2. The predicted molar refractivity (Wildman–Crippen MR) is 123 cm³/mol. The van der Waals surface area contributed by atoms with Gasteiger partial charge in [0.2, 0.25) is 0 Å². The van der Waals surface area contributed by atoms with Gasteiger partial charge in [-0.3, -0.25) is 4.90 Å². The number of likely N-dealkylation sites (N-methyl/N-ethyl adjacent to an activating group) is 1. The van der Waals surface area contributed by atoms with Crippen LogP contribution in [0.4, 0.5) is 0 Å². The Balaban J connectivity index is 0.00000364. The van der Waals surface area contributed by atoms with E-state index in [2.05, 4.69) is 29.4 Å². The second-order valence-electron chi connectivity index (χ2n) is 6.42. The molecule has 1 aromatic carbocycles. The van der Waals surface area contributed by atoms with Crippen molar-refractivity contribution in [3.8, 4) is 11.5 Å². The molecule has 1 aromatic rings. The Morgan fingerprint density at radius 1 is 1.22 bits per heavy atom. The molecule has 0 saturated carbocycles. The van der Waals surface area contributed by atoms with Crippen molar-refractivity contribution in [2.75, 3.05) is 39.9 Å². The zero-order valence-electron chi connectivity index (χ0n) is 17.1. The molecule has 1 aliphatic heterocycles. The van der Waals surface area contributed by atoms with E-state index >= 15 is 0 Å². The maximum absolute atomic E-state index is 5.57. The first-order valence-electron chi connectivity index (χ1n) is 9.77. The van der Waals surface area contributed by atoms with Crippen molar-refractivity contribution >= 4 is 29.9 Å². The van der Waals surface area contributed by atoms with Crippen LogP contribution in [0.2, 0.25) is 0 Å². The molecule has 27 heavy (non-hydrogen) atoms. The van der Waals surface area contributed by atoms with Gasteiger partial charge >= 0.3 is 0 Å². The average Bonchev–Trinajstić information content (AvgIpc) is 3.12. The van der Waals surface area contributed by atoms with Crippen molar-refractivity contribution in [3.05, 3.63) is 23.8 Å². The Morgan fingerprint density at radius 3 is 2.70 bits per heavy atom. The second-order valence-corrected chi connectivity index (χ2v) is 6.42. The quantitative estimate of drug-likeness (QED) is 0.316. The maximum atomic E-state index is 5.57.